The highest BCUT2D eigenvalue weighted by molar-refractivity contribution is 5.81. The lowest BCUT2D eigenvalue weighted by atomic mass is 10.1. The number of fused-ring (bicyclic) bond motifs is 1. The third-order valence-corrected chi connectivity index (χ3v) is 4.69. The highest BCUT2D eigenvalue weighted by Gasteiger charge is 2.15. The number of nitrogens with one attached hydrogen (secondary N) is 1. The first kappa shape index (κ1) is 15.6. The summed E-state index contributed by atoms with van der Waals surface area (Å²) < 4.78 is 0. The molecule has 0 aliphatic carbocycles. The van der Waals surface area contributed by atoms with E-state index in [1.807, 2.05) is 12.1 Å². The number of non-ortho nitro benzene ring substituents is 1. The molecule has 3 aromatic rings. The van der Waals surface area contributed by atoms with Gasteiger partial charge in [0.25, 0.3) is 5.69 Å². The molecule has 2 aromatic carbocycles. The van der Waals surface area contributed by atoms with Gasteiger partial charge < -0.3 is 14.8 Å². The summed E-state index contributed by atoms with van der Waals surface area (Å²) in [6.07, 6.45) is 0. The lowest BCUT2D eigenvalue weighted by Crippen LogP contribution is -2.44. The van der Waals surface area contributed by atoms with Crippen molar-refractivity contribution >= 4 is 22.4 Å². The zero-order valence-corrected chi connectivity index (χ0v) is 14.0. The van der Waals surface area contributed by atoms with Gasteiger partial charge in [-0.25, -0.2) is 4.98 Å². The number of aromatic amines is 1. The molecule has 7 nitrogen and oxygen atoms in total. The number of H-pyrrole nitrogens is 1. The largest absolute Gasteiger partial charge is 0.369 e. The van der Waals surface area contributed by atoms with E-state index in [1.54, 1.807) is 6.07 Å². The molecular weight excluding hydrogens is 318 g/mol. The Morgan fingerprint density at radius 1 is 1.08 bits per heavy atom. The Labute approximate surface area is 145 Å². The van der Waals surface area contributed by atoms with Crippen LogP contribution >= 0.6 is 0 Å². The molecule has 2 heterocycles. The first-order chi connectivity index (χ1) is 12.1. The number of imidazole rings is 1. The molecule has 0 spiro atoms. The second-order valence-corrected chi connectivity index (χ2v) is 6.38. The number of aromatic nitrogens is 2. The lowest BCUT2D eigenvalue weighted by molar-refractivity contribution is -0.384. The van der Waals surface area contributed by atoms with Gasteiger partial charge in [0.15, 0.2) is 0 Å². The molecular formula is C18H19N5O2. The van der Waals surface area contributed by atoms with Crippen LogP contribution in [0.25, 0.3) is 22.4 Å². The summed E-state index contributed by atoms with van der Waals surface area (Å²) in [5.41, 5.74) is 3.64. The zero-order valence-electron chi connectivity index (χ0n) is 14.0. The smallest absolute Gasteiger partial charge is 0.271 e. The molecule has 0 radical (unpaired) electrons. The highest BCUT2D eigenvalue weighted by Crippen LogP contribution is 2.26. The van der Waals surface area contributed by atoms with Gasteiger partial charge in [-0.15, -0.1) is 0 Å². The average molecular weight is 337 g/mol. The van der Waals surface area contributed by atoms with Gasteiger partial charge in [0.05, 0.1) is 16.0 Å². The van der Waals surface area contributed by atoms with Crippen molar-refractivity contribution in [3.05, 3.63) is 52.6 Å². The standard InChI is InChI=1S/C18H19N5O2/c1-21-8-10-22(11-9-21)14-4-2-13(3-5-14)18-19-16-7-6-15(23(24)25)12-17(16)20-18/h2-7,12H,8-11H2,1H3,(H,19,20). The van der Waals surface area contributed by atoms with E-state index in [9.17, 15) is 10.1 Å². The zero-order chi connectivity index (χ0) is 17.4. The first-order valence-electron chi connectivity index (χ1n) is 8.28. The fourth-order valence-corrected chi connectivity index (χ4v) is 3.14. The monoisotopic (exact) mass is 337 g/mol. The molecule has 1 N–H and O–H groups in total. The topological polar surface area (TPSA) is 78.3 Å². The highest BCUT2D eigenvalue weighted by atomic mass is 16.6. The number of nitro benzene ring substituents is 1. The van der Waals surface area contributed by atoms with Crippen LogP contribution in [0, 0.1) is 10.1 Å². The Hall–Kier alpha value is -2.93. The van der Waals surface area contributed by atoms with Crippen molar-refractivity contribution in [2.45, 2.75) is 0 Å². The number of anilines is 1. The summed E-state index contributed by atoms with van der Waals surface area (Å²) in [6.45, 7) is 4.21. The molecule has 7 heteroatoms. The molecule has 128 valence electrons. The Balaban J connectivity index is 1.59. The SMILES string of the molecule is CN1CCN(c2ccc(-c3nc4ccc([N+](=O)[O-])cc4[nH]3)cc2)CC1. The quantitative estimate of drug-likeness (QED) is 0.587. The van der Waals surface area contributed by atoms with Crippen LogP contribution in [0.3, 0.4) is 0 Å². The maximum absolute atomic E-state index is 10.9. The Morgan fingerprint density at radius 2 is 1.80 bits per heavy atom. The van der Waals surface area contributed by atoms with Crippen molar-refractivity contribution in [1.29, 1.82) is 0 Å². The molecule has 0 bridgehead atoms. The normalized spacial score (nSPS) is 15.6. The second-order valence-electron chi connectivity index (χ2n) is 6.38. The summed E-state index contributed by atoms with van der Waals surface area (Å²) in [6, 6.07) is 13.0. The fraction of sp³-hybridized carbons (Fsp3) is 0.278. The van der Waals surface area contributed by atoms with E-state index < -0.39 is 4.92 Å². The van der Waals surface area contributed by atoms with Gasteiger partial charge in [-0.05, 0) is 37.4 Å². The molecule has 0 atom stereocenters. The number of benzene rings is 2. The van der Waals surface area contributed by atoms with Gasteiger partial charge >= 0.3 is 0 Å². The number of piperazine rings is 1. The van der Waals surface area contributed by atoms with Gasteiger partial charge in [-0.3, -0.25) is 10.1 Å². The van der Waals surface area contributed by atoms with Crippen LogP contribution in [0.4, 0.5) is 11.4 Å². The third-order valence-electron chi connectivity index (χ3n) is 4.69. The van der Waals surface area contributed by atoms with Crippen molar-refractivity contribution in [3.63, 3.8) is 0 Å². The van der Waals surface area contributed by atoms with E-state index >= 15 is 0 Å². The molecule has 1 aliphatic heterocycles. The van der Waals surface area contributed by atoms with Crippen LogP contribution in [-0.2, 0) is 0 Å². The third kappa shape index (κ3) is 3.06. The Kier molecular flexibility index (Phi) is 3.85. The van der Waals surface area contributed by atoms with Gasteiger partial charge in [-0.1, -0.05) is 0 Å². The maximum atomic E-state index is 10.9. The molecule has 1 aromatic heterocycles. The molecule has 0 amide bonds. The molecule has 1 fully saturated rings. The van der Waals surface area contributed by atoms with Crippen molar-refractivity contribution in [3.8, 4) is 11.4 Å². The van der Waals surface area contributed by atoms with Crippen LogP contribution < -0.4 is 4.90 Å². The number of hydrogen-bond donors (Lipinski definition) is 1. The maximum Gasteiger partial charge on any atom is 0.271 e. The average Bonchev–Trinajstić information content (AvgIpc) is 3.05. The van der Waals surface area contributed by atoms with E-state index in [-0.39, 0.29) is 5.69 Å². The van der Waals surface area contributed by atoms with Crippen LogP contribution in [0.5, 0.6) is 0 Å². The number of hydrogen-bond acceptors (Lipinski definition) is 5. The van der Waals surface area contributed by atoms with Crippen molar-refractivity contribution < 1.29 is 4.92 Å². The van der Waals surface area contributed by atoms with Crippen molar-refractivity contribution in [2.75, 3.05) is 38.1 Å². The predicted molar refractivity (Wildman–Crippen MR) is 97.9 cm³/mol. The van der Waals surface area contributed by atoms with Crippen LogP contribution in [0.1, 0.15) is 0 Å². The molecule has 1 aliphatic rings. The summed E-state index contributed by atoms with van der Waals surface area (Å²) in [4.78, 5) is 22.9. The Bertz CT molecular complexity index is 911. The van der Waals surface area contributed by atoms with E-state index in [4.69, 9.17) is 0 Å². The summed E-state index contributed by atoms with van der Waals surface area (Å²) in [5.74, 6) is 0.723. The minimum atomic E-state index is -0.398. The first-order valence-corrected chi connectivity index (χ1v) is 8.28. The minimum absolute atomic E-state index is 0.0631. The number of rotatable bonds is 3. The van der Waals surface area contributed by atoms with Crippen molar-refractivity contribution in [1.82, 2.24) is 14.9 Å². The summed E-state index contributed by atoms with van der Waals surface area (Å²) >= 11 is 0. The predicted octanol–water partition coefficient (Wildman–Crippen LogP) is 2.89. The van der Waals surface area contributed by atoms with Gasteiger partial charge in [-0.2, -0.15) is 0 Å². The number of nitro groups is 1. The van der Waals surface area contributed by atoms with E-state index in [1.165, 1.54) is 17.8 Å². The summed E-state index contributed by atoms with van der Waals surface area (Å²) in [7, 11) is 2.15. The second kappa shape index (κ2) is 6.18. The van der Waals surface area contributed by atoms with Crippen LogP contribution in [0.2, 0.25) is 0 Å². The number of nitrogens with zero attached hydrogens (tertiary/aromatic N) is 4. The van der Waals surface area contributed by atoms with Crippen LogP contribution in [-0.4, -0.2) is 53.0 Å². The molecule has 25 heavy (non-hydrogen) atoms. The molecule has 0 saturated carbocycles. The van der Waals surface area contributed by atoms with Crippen LogP contribution in [0.15, 0.2) is 42.5 Å². The lowest BCUT2D eigenvalue weighted by Gasteiger charge is -2.34. The number of likely N-dealkylation sites (N-methyl/N-ethyl adjacent to an activating group) is 1. The van der Waals surface area contributed by atoms with E-state index in [0.717, 1.165) is 43.1 Å². The van der Waals surface area contributed by atoms with E-state index in [0.29, 0.717) is 5.52 Å². The van der Waals surface area contributed by atoms with Gasteiger partial charge in [0.2, 0.25) is 0 Å². The minimum Gasteiger partial charge on any atom is -0.369 e. The van der Waals surface area contributed by atoms with Crippen molar-refractivity contribution in [2.24, 2.45) is 0 Å². The van der Waals surface area contributed by atoms with Gasteiger partial charge in [0, 0.05) is 49.6 Å². The van der Waals surface area contributed by atoms with E-state index in [2.05, 4.69) is 38.9 Å². The molecule has 1 saturated heterocycles. The fourth-order valence-electron chi connectivity index (χ4n) is 3.14. The van der Waals surface area contributed by atoms with Gasteiger partial charge in [0.1, 0.15) is 5.82 Å². The Morgan fingerprint density at radius 3 is 2.48 bits per heavy atom. The molecule has 4 rings (SSSR count). The molecule has 0 unspecified atom stereocenters. The summed E-state index contributed by atoms with van der Waals surface area (Å²) in [5, 5.41) is 10.9.